The zero-order valence-corrected chi connectivity index (χ0v) is 11.3. The Bertz CT molecular complexity index is 587. The number of carbonyl (C=O) groups excluding carboxylic acids is 1. The number of primary amides is 1. The standard InChI is InChI=1S/C11H16FN3O3S/c1-7-9(12)5-8(13)6-10(7)19(17,18)15-4-2-3-11(14)16/h5-6,15H,2-4,13H2,1H3,(H2,14,16). The second-order valence-corrected chi connectivity index (χ2v) is 5.83. The van der Waals surface area contributed by atoms with E-state index in [1.165, 1.54) is 13.0 Å². The van der Waals surface area contributed by atoms with Crippen molar-refractivity contribution in [1.82, 2.24) is 4.72 Å². The topological polar surface area (TPSA) is 115 Å². The minimum Gasteiger partial charge on any atom is -0.399 e. The number of carbonyl (C=O) groups is 1. The largest absolute Gasteiger partial charge is 0.399 e. The molecule has 0 aliphatic heterocycles. The Morgan fingerprint density at radius 3 is 2.63 bits per heavy atom. The maximum Gasteiger partial charge on any atom is 0.241 e. The van der Waals surface area contributed by atoms with Gasteiger partial charge in [-0.15, -0.1) is 0 Å². The highest BCUT2D eigenvalue weighted by atomic mass is 32.2. The van der Waals surface area contributed by atoms with Crippen LogP contribution in [0.5, 0.6) is 0 Å². The number of nitrogen functional groups attached to an aromatic ring is 1. The fourth-order valence-corrected chi connectivity index (χ4v) is 2.86. The third kappa shape index (κ3) is 4.18. The van der Waals surface area contributed by atoms with Crippen LogP contribution in [0, 0.1) is 12.7 Å². The van der Waals surface area contributed by atoms with Gasteiger partial charge in [0.25, 0.3) is 0 Å². The molecule has 1 rings (SSSR count). The maximum absolute atomic E-state index is 13.4. The van der Waals surface area contributed by atoms with Gasteiger partial charge in [-0.2, -0.15) is 0 Å². The SMILES string of the molecule is Cc1c(F)cc(N)cc1S(=O)(=O)NCCCC(N)=O. The Hall–Kier alpha value is -1.67. The molecule has 0 aromatic heterocycles. The van der Waals surface area contributed by atoms with Crippen LogP contribution < -0.4 is 16.2 Å². The van der Waals surface area contributed by atoms with Crippen molar-refractivity contribution in [1.29, 1.82) is 0 Å². The van der Waals surface area contributed by atoms with Crippen LogP contribution in [0.4, 0.5) is 10.1 Å². The molecule has 0 aliphatic carbocycles. The molecule has 0 heterocycles. The van der Waals surface area contributed by atoms with Crippen LogP contribution in [-0.4, -0.2) is 20.9 Å². The van der Waals surface area contributed by atoms with Crippen molar-refractivity contribution in [3.05, 3.63) is 23.5 Å². The first-order chi connectivity index (χ1) is 8.74. The van der Waals surface area contributed by atoms with Crippen LogP contribution in [-0.2, 0) is 14.8 Å². The Balaban J connectivity index is 2.86. The van der Waals surface area contributed by atoms with Gasteiger partial charge in [-0.3, -0.25) is 4.79 Å². The number of nitrogens with one attached hydrogen (secondary N) is 1. The number of rotatable bonds is 6. The summed E-state index contributed by atoms with van der Waals surface area (Å²) in [6.07, 6.45) is 0.352. The van der Waals surface area contributed by atoms with E-state index in [2.05, 4.69) is 4.72 Å². The van der Waals surface area contributed by atoms with Crippen molar-refractivity contribution >= 4 is 21.6 Å². The molecule has 0 bridgehead atoms. The molecule has 0 saturated heterocycles. The van der Waals surface area contributed by atoms with Gasteiger partial charge in [0.2, 0.25) is 15.9 Å². The number of hydrogen-bond donors (Lipinski definition) is 3. The predicted molar refractivity (Wildman–Crippen MR) is 69.2 cm³/mol. The molecule has 106 valence electrons. The van der Waals surface area contributed by atoms with Gasteiger partial charge in [0, 0.05) is 24.2 Å². The molecule has 0 fully saturated rings. The molecule has 6 nitrogen and oxygen atoms in total. The first-order valence-corrected chi connectivity index (χ1v) is 7.06. The molecular formula is C11H16FN3O3S. The molecule has 1 aromatic rings. The Labute approximate surface area is 111 Å². The summed E-state index contributed by atoms with van der Waals surface area (Å²) >= 11 is 0. The summed E-state index contributed by atoms with van der Waals surface area (Å²) in [7, 11) is -3.86. The first-order valence-electron chi connectivity index (χ1n) is 5.57. The fourth-order valence-electron chi connectivity index (χ4n) is 1.50. The molecule has 0 spiro atoms. The second-order valence-electron chi connectivity index (χ2n) is 4.09. The van der Waals surface area contributed by atoms with Gasteiger partial charge in [0.1, 0.15) is 5.82 Å². The van der Waals surface area contributed by atoms with Crippen molar-refractivity contribution in [2.75, 3.05) is 12.3 Å². The monoisotopic (exact) mass is 289 g/mol. The molecule has 19 heavy (non-hydrogen) atoms. The summed E-state index contributed by atoms with van der Waals surface area (Å²) in [5.74, 6) is -1.19. The number of anilines is 1. The number of sulfonamides is 1. The molecule has 5 N–H and O–H groups in total. The zero-order valence-electron chi connectivity index (χ0n) is 10.4. The molecule has 0 atom stereocenters. The van der Waals surface area contributed by atoms with E-state index in [1.807, 2.05) is 0 Å². The van der Waals surface area contributed by atoms with E-state index < -0.39 is 21.7 Å². The molecule has 0 saturated carbocycles. The van der Waals surface area contributed by atoms with Gasteiger partial charge in [0.15, 0.2) is 0 Å². The molecule has 0 radical (unpaired) electrons. The molecule has 1 aromatic carbocycles. The Morgan fingerprint density at radius 1 is 1.42 bits per heavy atom. The lowest BCUT2D eigenvalue weighted by molar-refractivity contribution is -0.118. The third-order valence-electron chi connectivity index (χ3n) is 2.50. The van der Waals surface area contributed by atoms with Gasteiger partial charge >= 0.3 is 0 Å². The predicted octanol–water partition coefficient (Wildman–Crippen LogP) is 0.260. The van der Waals surface area contributed by atoms with E-state index in [9.17, 15) is 17.6 Å². The number of hydrogen-bond acceptors (Lipinski definition) is 4. The van der Waals surface area contributed by atoms with E-state index in [1.54, 1.807) is 0 Å². The minimum absolute atomic E-state index is 0.00315. The van der Waals surface area contributed by atoms with E-state index >= 15 is 0 Å². The minimum atomic E-state index is -3.86. The summed E-state index contributed by atoms with van der Waals surface area (Å²) in [6.45, 7) is 1.40. The maximum atomic E-state index is 13.4. The smallest absolute Gasteiger partial charge is 0.241 e. The quantitative estimate of drug-likeness (QED) is 0.514. The van der Waals surface area contributed by atoms with Crippen LogP contribution in [0.2, 0.25) is 0 Å². The van der Waals surface area contributed by atoms with Crippen LogP contribution in [0.15, 0.2) is 17.0 Å². The molecular weight excluding hydrogens is 273 g/mol. The summed E-state index contributed by atoms with van der Waals surface area (Å²) in [4.78, 5) is 10.3. The van der Waals surface area contributed by atoms with Gasteiger partial charge in [-0.25, -0.2) is 17.5 Å². The van der Waals surface area contributed by atoms with Crippen molar-refractivity contribution in [2.24, 2.45) is 5.73 Å². The molecule has 8 heteroatoms. The van der Waals surface area contributed by atoms with Crippen LogP contribution in [0.1, 0.15) is 18.4 Å². The molecule has 0 unspecified atom stereocenters. The van der Waals surface area contributed by atoms with E-state index in [-0.39, 0.29) is 35.5 Å². The number of amides is 1. The lowest BCUT2D eigenvalue weighted by atomic mass is 10.2. The van der Waals surface area contributed by atoms with Crippen molar-refractivity contribution in [3.8, 4) is 0 Å². The average Bonchev–Trinajstić information content (AvgIpc) is 2.29. The first kappa shape index (κ1) is 15.4. The Morgan fingerprint density at radius 2 is 2.05 bits per heavy atom. The zero-order chi connectivity index (χ0) is 14.6. The van der Waals surface area contributed by atoms with Crippen LogP contribution in [0.3, 0.4) is 0 Å². The molecule has 0 aliphatic rings. The van der Waals surface area contributed by atoms with Crippen LogP contribution >= 0.6 is 0 Å². The lowest BCUT2D eigenvalue weighted by Gasteiger charge is -2.10. The van der Waals surface area contributed by atoms with Crippen molar-refractivity contribution in [3.63, 3.8) is 0 Å². The van der Waals surface area contributed by atoms with Gasteiger partial charge < -0.3 is 11.5 Å². The number of benzene rings is 1. The highest BCUT2D eigenvalue weighted by Crippen LogP contribution is 2.21. The summed E-state index contributed by atoms with van der Waals surface area (Å²) in [6, 6.07) is 2.25. The highest BCUT2D eigenvalue weighted by Gasteiger charge is 2.19. The number of halogens is 1. The van der Waals surface area contributed by atoms with E-state index in [0.717, 1.165) is 6.07 Å². The molecule has 1 amide bonds. The second kappa shape index (κ2) is 5.98. The van der Waals surface area contributed by atoms with Gasteiger partial charge in [0.05, 0.1) is 4.90 Å². The van der Waals surface area contributed by atoms with Crippen molar-refractivity contribution in [2.45, 2.75) is 24.7 Å². The number of nitrogens with two attached hydrogens (primary N) is 2. The summed E-state index contributed by atoms with van der Waals surface area (Å²) < 4.78 is 39.6. The fraction of sp³-hybridized carbons (Fsp3) is 0.364. The van der Waals surface area contributed by atoms with E-state index in [4.69, 9.17) is 11.5 Å². The lowest BCUT2D eigenvalue weighted by Crippen LogP contribution is -2.26. The van der Waals surface area contributed by atoms with Gasteiger partial charge in [-0.1, -0.05) is 0 Å². The average molecular weight is 289 g/mol. The normalized spacial score (nSPS) is 11.5. The van der Waals surface area contributed by atoms with Crippen LogP contribution in [0.25, 0.3) is 0 Å². The van der Waals surface area contributed by atoms with Crippen molar-refractivity contribution < 1.29 is 17.6 Å². The summed E-state index contributed by atoms with van der Waals surface area (Å²) in [5.41, 5.74) is 10.4. The Kier molecular flexibility index (Phi) is 4.84. The third-order valence-corrected chi connectivity index (χ3v) is 4.09. The summed E-state index contributed by atoms with van der Waals surface area (Å²) in [5, 5.41) is 0. The van der Waals surface area contributed by atoms with Gasteiger partial charge in [-0.05, 0) is 25.5 Å². The highest BCUT2D eigenvalue weighted by molar-refractivity contribution is 7.89. The van der Waals surface area contributed by atoms with E-state index in [0.29, 0.717) is 0 Å².